The number of likely N-dealkylation sites (tertiary alicyclic amines) is 1. The zero-order valence-corrected chi connectivity index (χ0v) is 13.7. The molecule has 0 atom stereocenters. The summed E-state index contributed by atoms with van der Waals surface area (Å²) in [5.41, 5.74) is 7.86. The third-order valence-electron chi connectivity index (χ3n) is 5.36. The van der Waals surface area contributed by atoms with Gasteiger partial charge in [-0.2, -0.15) is 4.98 Å². The van der Waals surface area contributed by atoms with Gasteiger partial charge in [0.1, 0.15) is 5.82 Å². The van der Waals surface area contributed by atoms with Crippen LogP contribution in [0.3, 0.4) is 0 Å². The fraction of sp³-hybridized carbons (Fsp3) is 0.444. The Hall–Kier alpha value is -2.18. The first-order chi connectivity index (χ1) is 11.6. The van der Waals surface area contributed by atoms with Crippen LogP contribution in [0.25, 0.3) is 5.69 Å². The van der Waals surface area contributed by atoms with Crippen LogP contribution in [0.1, 0.15) is 18.4 Å². The Morgan fingerprint density at radius 2 is 1.83 bits per heavy atom. The number of rotatable bonds is 3. The molecule has 3 N–H and O–H groups in total. The first-order valence-electron chi connectivity index (χ1n) is 8.51. The molecular weight excluding hydrogens is 302 g/mol. The fourth-order valence-corrected chi connectivity index (χ4v) is 3.65. The zero-order valence-electron chi connectivity index (χ0n) is 13.7. The van der Waals surface area contributed by atoms with Crippen LogP contribution >= 0.6 is 0 Å². The van der Waals surface area contributed by atoms with E-state index in [2.05, 4.69) is 27.3 Å². The van der Waals surface area contributed by atoms with Crippen LogP contribution in [0, 0.1) is 5.41 Å². The predicted molar refractivity (Wildman–Crippen MR) is 94.1 cm³/mol. The summed E-state index contributed by atoms with van der Waals surface area (Å²) in [7, 11) is 0. The summed E-state index contributed by atoms with van der Waals surface area (Å²) >= 11 is 0. The minimum absolute atomic E-state index is 0.248. The molecule has 0 saturated carbocycles. The summed E-state index contributed by atoms with van der Waals surface area (Å²) in [6, 6.07) is 9.75. The van der Waals surface area contributed by atoms with Gasteiger partial charge in [0.2, 0.25) is 0 Å². The molecule has 2 aromatic rings. The Labute approximate surface area is 141 Å². The normalized spacial score (nSPS) is 20.0. The van der Waals surface area contributed by atoms with E-state index < -0.39 is 0 Å². The van der Waals surface area contributed by atoms with Crippen LogP contribution in [0.4, 0.5) is 5.82 Å². The standard InChI is InChI=1S/C18H23N5O/c19-16-5-8-23(17(24)21-16)15-3-1-14(2-4-15)11-22-9-6-18(7-10-22)12-20-13-18/h1-5,8,20H,6-7,9-13H2,(H2,19,21,24). The van der Waals surface area contributed by atoms with E-state index in [1.807, 2.05) is 12.1 Å². The molecule has 3 heterocycles. The van der Waals surface area contributed by atoms with Gasteiger partial charge in [0.25, 0.3) is 0 Å². The van der Waals surface area contributed by atoms with E-state index in [-0.39, 0.29) is 11.5 Å². The van der Waals surface area contributed by atoms with Crippen LogP contribution in [0.15, 0.2) is 41.3 Å². The molecule has 0 unspecified atom stereocenters. The van der Waals surface area contributed by atoms with Gasteiger partial charge in [-0.25, -0.2) is 4.79 Å². The lowest BCUT2D eigenvalue weighted by atomic mass is 9.73. The summed E-state index contributed by atoms with van der Waals surface area (Å²) in [5, 5.41) is 3.41. The molecule has 1 spiro atoms. The quantitative estimate of drug-likeness (QED) is 0.880. The second kappa shape index (κ2) is 6.03. The Morgan fingerprint density at radius 3 is 2.42 bits per heavy atom. The topological polar surface area (TPSA) is 76.2 Å². The van der Waals surface area contributed by atoms with Gasteiger partial charge in [-0.05, 0) is 55.1 Å². The number of hydrogen-bond acceptors (Lipinski definition) is 5. The third kappa shape index (κ3) is 2.95. The average Bonchev–Trinajstić information content (AvgIpc) is 2.55. The molecule has 1 aromatic heterocycles. The molecule has 6 heteroatoms. The minimum atomic E-state index is -0.349. The zero-order chi connectivity index (χ0) is 16.6. The number of aromatic nitrogens is 2. The Morgan fingerprint density at radius 1 is 1.12 bits per heavy atom. The molecule has 2 fully saturated rings. The highest BCUT2D eigenvalue weighted by atomic mass is 16.1. The summed E-state index contributed by atoms with van der Waals surface area (Å²) in [5.74, 6) is 0.248. The summed E-state index contributed by atoms with van der Waals surface area (Å²) in [4.78, 5) is 18.2. The number of piperidine rings is 1. The second-order valence-electron chi connectivity index (χ2n) is 7.05. The van der Waals surface area contributed by atoms with Crippen molar-refractivity contribution in [2.45, 2.75) is 19.4 Å². The predicted octanol–water partition coefficient (Wildman–Crippen LogP) is 1.00. The van der Waals surface area contributed by atoms with Gasteiger partial charge in [-0.3, -0.25) is 9.47 Å². The SMILES string of the molecule is Nc1ccn(-c2ccc(CN3CCC4(CC3)CNC4)cc2)c(=O)n1. The van der Waals surface area contributed by atoms with E-state index in [0.717, 1.165) is 12.2 Å². The van der Waals surface area contributed by atoms with Crippen molar-refractivity contribution in [1.82, 2.24) is 19.8 Å². The van der Waals surface area contributed by atoms with Crippen molar-refractivity contribution >= 4 is 5.82 Å². The van der Waals surface area contributed by atoms with E-state index in [1.165, 1.54) is 49.2 Å². The monoisotopic (exact) mass is 325 g/mol. The van der Waals surface area contributed by atoms with Crippen LogP contribution < -0.4 is 16.7 Å². The maximum atomic E-state index is 11.9. The fourth-order valence-electron chi connectivity index (χ4n) is 3.65. The molecule has 2 saturated heterocycles. The van der Waals surface area contributed by atoms with Crippen molar-refractivity contribution < 1.29 is 0 Å². The van der Waals surface area contributed by atoms with Gasteiger partial charge in [0.05, 0.1) is 5.69 Å². The lowest BCUT2D eigenvalue weighted by Gasteiger charge is -2.48. The van der Waals surface area contributed by atoms with Crippen molar-refractivity contribution in [3.8, 4) is 5.69 Å². The molecule has 2 aliphatic rings. The van der Waals surface area contributed by atoms with Gasteiger partial charge in [-0.15, -0.1) is 0 Å². The molecular formula is C18H23N5O. The number of benzene rings is 1. The number of nitrogen functional groups attached to an aromatic ring is 1. The summed E-state index contributed by atoms with van der Waals surface area (Å²) in [6.45, 7) is 5.70. The highest BCUT2D eigenvalue weighted by molar-refractivity contribution is 5.36. The van der Waals surface area contributed by atoms with Crippen LogP contribution in [-0.2, 0) is 6.54 Å². The van der Waals surface area contributed by atoms with Crippen LogP contribution in [0.5, 0.6) is 0 Å². The number of nitrogens with two attached hydrogens (primary N) is 1. The van der Waals surface area contributed by atoms with Gasteiger partial charge in [0.15, 0.2) is 0 Å². The van der Waals surface area contributed by atoms with Crippen molar-refractivity contribution in [2.24, 2.45) is 5.41 Å². The van der Waals surface area contributed by atoms with Gasteiger partial charge in [0, 0.05) is 25.8 Å². The third-order valence-corrected chi connectivity index (χ3v) is 5.36. The Kier molecular flexibility index (Phi) is 3.86. The van der Waals surface area contributed by atoms with E-state index in [4.69, 9.17) is 5.73 Å². The second-order valence-corrected chi connectivity index (χ2v) is 7.05. The molecule has 1 aromatic carbocycles. The highest BCUT2D eigenvalue weighted by Crippen LogP contribution is 2.35. The summed E-state index contributed by atoms with van der Waals surface area (Å²) in [6.07, 6.45) is 4.26. The molecule has 0 aliphatic carbocycles. The first kappa shape index (κ1) is 15.4. The van der Waals surface area contributed by atoms with E-state index in [9.17, 15) is 4.79 Å². The number of nitrogens with zero attached hydrogens (tertiary/aromatic N) is 3. The molecule has 126 valence electrons. The Balaban J connectivity index is 1.42. The molecule has 6 nitrogen and oxygen atoms in total. The van der Waals surface area contributed by atoms with E-state index in [1.54, 1.807) is 12.3 Å². The molecule has 4 rings (SSSR count). The largest absolute Gasteiger partial charge is 0.383 e. The molecule has 0 radical (unpaired) electrons. The highest BCUT2D eigenvalue weighted by Gasteiger charge is 2.39. The molecule has 0 amide bonds. The number of anilines is 1. The van der Waals surface area contributed by atoms with Gasteiger partial charge < -0.3 is 11.1 Å². The Bertz CT molecular complexity index is 769. The average molecular weight is 325 g/mol. The lowest BCUT2D eigenvalue weighted by Crippen LogP contribution is -2.58. The van der Waals surface area contributed by atoms with Crippen molar-refractivity contribution in [1.29, 1.82) is 0 Å². The number of hydrogen-bond donors (Lipinski definition) is 2. The molecule has 0 bridgehead atoms. The molecule has 2 aliphatic heterocycles. The van der Waals surface area contributed by atoms with E-state index in [0.29, 0.717) is 5.41 Å². The van der Waals surface area contributed by atoms with Crippen LogP contribution in [-0.4, -0.2) is 40.6 Å². The van der Waals surface area contributed by atoms with Gasteiger partial charge >= 0.3 is 5.69 Å². The first-order valence-corrected chi connectivity index (χ1v) is 8.51. The minimum Gasteiger partial charge on any atom is -0.383 e. The molecule has 24 heavy (non-hydrogen) atoms. The maximum Gasteiger partial charge on any atom is 0.354 e. The van der Waals surface area contributed by atoms with Crippen molar-refractivity contribution in [3.05, 3.63) is 52.6 Å². The van der Waals surface area contributed by atoms with Crippen molar-refractivity contribution in [2.75, 3.05) is 31.9 Å². The van der Waals surface area contributed by atoms with Crippen LogP contribution in [0.2, 0.25) is 0 Å². The van der Waals surface area contributed by atoms with Gasteiger partial charge in [-0.1, -0.05) is 12.1 Å². The number of nitrogens with one attached hydrogen (secondary N) is 1. The van der Waals surface area contributed by atoms with E-state index >= 15 is 0 Å². The maximum absolute atomic E-state index is 11.9. The lowest BCUT2D eigenvalue weighted by molar-refractivity contribution is 0.0520. The van der Waals surface area contributed by atoms with Crippen molar-refractivity contribution in [3.63, 3.8) is 0 Å². The smallest absolute Gasteiger partial charge is 0.354 e. The summed E-state index contributed by atoms with van der Waals surface area (Å²) < 4.78 is 1.51.